The van der Waals surface area contributed by atoms with Crippen LogP contribution >= 0.6 is 0 Å². The van der Waals surface area contributed by atoms with Gasteiger partial charge in [-0.3, -0.25) is 4.79 Å². The molecule has 0 aliphatic heterocycles. The maximum atomic E-state index is 11.9. The van der Waals surface area contributed by atoms with Crippen LogP contribution in [0.5, 0.6) is 0 Å². The Morgan fingerprint density at radius 2 is 1.75 bits per heavy atom. The molecule has 3 nitrogen and oxygen atoms in total. The van der Waals surface area contributed by atoms with Gasteiger partial charge in [0.2, 0.25) is 5.91 Å². The van der Waals surface area contributed by atoms with Crippen molar-refractivity contribution >= 4 is 11.6 Å². The molecule has 0 saturated heterocycles. The zero-order chi connectivity index (χ0) is 15.3. The summed E-state index contributed by atoms with van der Waals surface area (Å²) in [6.07, 6.45) is 1.91. The lowest BCUT2D eigenvalue weighted by atomic mass is 9.95. The van der Waals surface area contributed by atoms with Crippen molar-refractivity contribution in [2.24, 2.45) is 17.1 Å². The maximum absolute atomic E-state index is 11.9. The average molecular weight is 276 g/mol. The number of carbonyl (C=O) groups is 1. The number of nitrogens with one attached hydrogen (secondary N) is 1. The second kappa shape index (κ2) is 6.89. The van der Waals surface area contributed by atoms with Gasteiger partial charge in [-0.15, -0.1) is 0 Å². The van der Waals surface area contributed by atoms with E-state index in [4.69, 9.17) is 5.73 Å². The predicted octanol–water partition coefficient (Wildman–Crippen LogP) is 3.59. The Labute approximate surface area is 122 Å². The molecule has 0 aliphatic carbocycles. The maximum Gasteiger partial charge on any atom is 0.229 e. The number of nitrogens with two attached hydrogens (primary N) is 1. The van der Waals surface area contributed by atoms with Crippen molar-refractivity contribution in [1.82, 2.24) is 0 Å². The molecule has 0 heterocycles. The fourth-order valence-corrected chi connectivity index (χ4v) is 2.03. The molecule has 3 heteroatoms. The van der Waals surface area contributed by atoms with Gasteiger partial charge in [0, 0.05) is 17.1 Å². The molecule has 0 fully saturated rings. The van der Waals surface area contributed by atoms with Crippen LogP contribution in [0.2, 0.25) is 0 Å². The molecule has 1 atom stereocenters. The summed E-state index contributed by atoms with van der Waals surface area (Å²) in [6, 6.07) is 8.17. The molecule has 0 spiro atoms. The van der Waals surface area contributed by atoms with E-state index in [1.54, 1.807) is 0 Å². The molecule has 1 amide bonds. The highest BCUT2D eigenvalue weighted by Gasteiger charge is 2.21. The third-order valence-corrected chi connectivity index (χ3v) is 3.17. The van der Waals surface area contributed by atoms with Gasteiger partial charge in [-0.1, -0.05) is 46.8 Å². The van der Waals surface area contributed by atoms with Crippen molar-refractivity contribution in [1.29, 1.82) is 0 Å². The summed E-state index contributed by atoms with van der Waals surface area (Å²) in [5.74, 6) is 0.650. The second-order valence-electron chi connectivity index (χ2n) is 6.99. The van der Waals surface area contributed by atoms with Gasteiger partial charge >= 0.3 is 0 Å². The first-order valence-corrected chi connectivity index (χ1v) is 7.34. The Morgan fingerprint density at radius 1 is 1.20 bits per heavy atom. The standard InChI is InChI=1S/C17H28N2O/c1-12(2)10-14(18)11-13-6-8-15(9-7-13)19-16(20)17(3,4)5/h6-9,12,14H,10-11,18H2,1-5H3,(H,19,20). The van der Waals surface area contributed by atoms with E-state index in [2.05, 4.69) is 19.2 Å². The number of benzene rings is 1. The normalized spacial score (nSPS) is 13.3. The number of carbonyl (C=O) groups excluding carboxylic acids is 1. The highest BCUT2D eigenvalue weighted by atomic mass is 16.2. The third-order valence-electron chi connectivity index (χ3n) is 3.17. The SMILES string of the molecule is CC(C)CC(N)Cc1ccc(NC(=O)C(C)(C)C)cc1. The Kier molecular flexibility index (Phi) is 5.75. The lowest BCUT2D eigenvalue weighted by Crippen LogP contribution is -2.27. The molecule has 112 valence electrons. The Bertz CT molecular complexity index is 429. The lowest BCUT2D eigenvalue weighted by Gasteiger charge is -2.18. The summed E-state index contributed by atoms with van der Waals surface area (Å²) in [6.45, 7) is 10.1. The number of hydrogen-bond acceptors (Lipinski definition) is 2. The summed E-state index contributed by atoms with van der Waals surface area (Å²) in [4.78, 5) is 11.9. The summed E-state index contributed by atoms with van der Waals surface area (Å²) in [5, 5.41) is 2.92. The van der Waals surface area contributed by atoms with Crippen molar-refractivity contribution in [2.45, 2.75) is 53.5 Å². The van der Waals surface area contributed by atoms with Gasteiger partial charge < -0.3 is 11.1 Å². The lowest BCUT2D eigenvalue weighted by molar-refractivity contribution is -0.123. The van der Waals surface area contributed by atoms with Crippen molar-refractivity contribution in [2.75, 3.05) is 5.32 Å². The molecule has 0 bridgehead atoms. The zero-order valence-corrected chi connectivity index (χ0v) is 13.4. The van der Waals surface area contributed by atoms with Crippen molar-refractivity contribution in [3.63, 3.8) is 0 Å². The van der Waals surface area contributed by atoms with Crippen LogP contribution in [-0.2, 0) is 11.2 Å². The van der Waals surface area contributed by atoms with E-state index in [9.17, 15) is 4.79 Å². The van der Waals surface area contributed by atoms with E-state index >= 15 is 0 Å². The number of amides is 1. The fraction of sp³-hybridized carbons (Fsp3) is 0.588. The summed E-state index contributed by atoms with van der Waals surface area (Å²) >= 11 is 0. The Hall–Kier alpha value is -1.35. The summed E-state index contributed by atoms with van der Waals surface area (Å²) < 4.78 is 0. The highest BCUT2D eigenvalue weighted by molar-refractivity contribution is 5.94. The van der Waals surface area contributed by atoms with Crippen LogP contribution in [0.3, 0.4) is 0 Å². The van der Waals surface area contributed by atoms with Crippen LogP contribution in [0.25, 0.3) is 0 Å². The van der Waals surface area contributed by atoms with Crippen LogP contribution in [0.4, 0.5) is 5.69 Å². The van der Waals surface area contributed by atoms with Gasteiger partial charge in [0.15, 0.2) is 0 Å². The molecule has 3 N–H and O–H groups in total. The minimum atomic E-state index is -0.377. The van der Waals surface area contributed by atoms with Crippen LogP contribution in [0.1, 0.15) is 46.6 Å². The van der Waals surface area contributed by atoms with E-state index in [1.807, 2.05) is 45.0 Å². The van der Waals surface area contributed by atoms with Gasteiger partial charge in [0.05, 0.1) is 0 Å². The molecule has 1 aromatic carbocycles. The molecule has 1 aromatic rings. The largest absolute Gasteiger partial charge is 0.327 e. The molecule has 0 aromatic heterocycles. The molecular formula is C17H28N2O. The third kappa shape index (κ3) is 5.74. The number of hydrogen-bond donors (Lipinski definition) is 2. The van der Waals surface area contributed by atoms with Gasteiger partial charge in [-0.2, -0.15) is 0 Å². The van der Waals surface area contributed by atoms with Crippen LogP contribution in [0.15, 0.2) is 24.3 Å². The summed E-state index contributed by atoms with van der Waals surface area (Å²) in [7, 11) is 0. The first-order valence-electron chi connectivity index (χ1n) is 7.34. The van der Waals surface area contributed by atoms with E-state index in [1.165, 1.54) is 5.56 Å². The fourth-order valence-electron chi connectivity index (χ4n) is 2.03. The van der Waals surface area contributed by atoms with Crippen LogP contribution in [-0.4, -0.2) is 11.9 Å². The van der Waals surface area contributed by atoms with Crippen molar-refractivity contribution in [3.05, 3.63) is 29.8 Å². The van der Waals surface area contributed by atoms with Crippen molar-refractivity contribution in [3.8, 4) is 0 Å². The molecule has 20 heavy (non-hydrogen) atoms. The van der Waals surface area contributed by atoms with Crippen molar-refractivity contribution < 1.29 is 4.79 Å². The number of rotatable bonds is 5. The molecule has 1 unspecified atom stereocenters. The first kappa shape index (κ1) is 16.7. The molecule has 0 radical (unpaired) electrons. The average Bonchev–Trinajstić information content (AvgIpc) is 2.29. The molecule has 0 aliphatic rings. The first-order chi connectivity index (χ1) is 9.18. The minimum Gasteiger partial charge on any atom is -0.327 e. The van der Waals surface area contributed by atoms with Gasteiger partial charge in [-0.05, 0) is 36.5 Å². The quantitative estimate of drug-likeness (QED) is 0.863. The van der Waals surface area contributed by atoms with E-state index in [-0.39, 0.29) is 17.4 Å². The van der Waals surface area contributed by atoms with E-state index < -0.39 is 0 Å². The van der Waals surface area contributed by atoms with Gasteiger partial charge in [-0.25, -0.2) is 0 Å². The summed E-state index contributed by atoms with van der Waals surface area (Å²) in [5.41, 5.74) is 7.79. The Balaban J connectivity index is 2.59. The van der Waals surface area contributed by atoms with Gasteiger partial charge in [0.25, 0.3) is 0 Å². The topological polar surface area (TPSA) is 55.1 Å². The van der Waals surface area contributed by atoms with E-state index in [0.717, 1.165) is 18.5 Å². The second-order valence-corrected chi connectivity index (χ2v) is 6.99. The molecular weight excluding hydrogens is 248 g/mol. The Morgan fingerprint density at radius 3 is 2.20 bits per heavy atom. The zero-order valence-electron chi connectivity index (χ0n) is 13.4. The molecule has 0 saturated carbocycles. The van der Waals surface area contributed by atoms with Crippen LogP contribution in [0, 0.1) is 11.3 Å². The van der Waals surface area contributed by atoms with Gasteiger partial charge in [0.1, 0.15) is 0 Å². The smallest absolute Gasteiger partial charge is 0.229 e. The van der Waals surface area contributed by atoms with Crippen LogP contribution < -0.4 is 11.1 Å². The monoisotopic (exact) mass is 276 g/mol. The predicted molar refractivity (Wildman–Crippen MR) is 85.7 cm³/mol. The highest BCUT2D eigenvalue weighted by Crippen LogP contribution is 2.18. The van der Waals surface area contributed by atoms with E-state index in [0.29, 0.717) is 5.92 Å². The molecule has 1 rings (SSSR count). The number of anilines is 1. The minimum absolute atomic E-state index is 0.0294.